The van der Waals surface area contributed by atoms with Gasteiger partial charge in [-0.25, -0.2) is 14.4 Å². The van der Waals surface area contributed by atoms with Gasteiger partial charge in [0.1, 0.15) is 12.1 Å². The Hall–Kier alpha value is -3.12. The summed E-state index contributed by atoms with van der Waals surface area (Å²) in [5.41, 5.74) is 3.40. The second-order valence-corrected chi connectivity index (χ2v) is 6.85. The van der Waals surface area contributed by atoms with E-state index in [-0.39, 0.29) is 5.02 Å². The number of hydrogen-bond donors (Lipinski definition) is 0. The predicted octanol–water partition coefficient (Wildman–Crippen LogP) is 5.46. The lowest BCUT2D eigenvalue weighted by atomic mass is 10.0. The van der Waals surface area contributed by atoms with E-state index in [1.807, 2.05) is 35.8 Å². The molecule has 0 aliphatic heterocycles. The molecule has 0 N–H and O–H groups in total. The molecule has 0 saturated heterocycles. The van der Waals surface area contributed by atoms with Gasteiger partial charge in [-0.15, -0.1) is 0 Å². The lowest BCUT2D eigenvalue weighted by Crippen LogP contribution is -2.02. The molecule has 4 rings (SSSR count). The number of imidazole rings is 1. The molecule has 5 nitrogen and oxygen atoms in total. The van der Waals surface area contributed by atoms with Crippen LogP contribution >= 0.6 is 11.6 Å². The van der Waals surface area contributed by atoms with Crippen LogP contribution < -0.4 is 9.47 Å². The average molecular weight is 412 g/mol. The maximum Gasteiger partial charge on any atom is 0.163 e. The molecule has 0 fully saturated rings. The minimum absolute atomic E-state index is 0.0710. The Morgan fingerprint density at radius 2 is 1.83 bits per heavy atom. The second kappa shape index (κ2) is 7.72. The highest BCUT2D eigenvalue weighted by molar-refractivity contribution is 6.31. The number of rotatable bonds is 5. The molecule has 0 aliphatic carbocycles. The monoisotopic (exact) mass is 411 g/mol. The van der Waals surface area contributed by atoms with Crippen molar-refractivity contribution >= 4 is 22.6 Å². The Morgan fingerprint density at radius 3 is 2.55 bits per heavy atom. The molecule has 2 aromatic carbocycles. The summed E-state index contributed by atoms with van der Waals surface area (Å²) in [5, 5.41) is 0.0710. The summed E-state index contributed by atoms with van der Waals surface area (Å²) in [5.74, 6) is 1.33. The number of pyridine rings is 1. The molecule has 0 radical (unpaired) electrons. The van der Waals surface area contributed by atoms with Gasteiger partial charge in [-0.05, 0) is 30.2 Å². The molecule has 0 unspecified atom stereocenters. The summed E-state index contributed by atoms with van der Waals surface area (Å²) in [6.07, 6.45) is 2.39. The number of ether oxygens (including phenoxy) is 2. The van der Waals surface area contributed by atoms with E-state index < -0.39 is 5.82 Å². The number of benzene rings is 2. The number of hydrogen-bond acceptors (Lipinski definition) is 4. The Morgan fingerprint density at radius 1 is 1.07 bits per heavy atom. The van der Waals surface area contributed by atoms with Crippen LogP contribution in [0.25, 0.3) is 28.1 Å². The summed E-state index contributed by atoms with van der Waals surface area (Å²) in [4.78, 5) is 9.21. The van der Waals surface area contributed by atoms with Crippen molar-refractivity contribution in [1.82, 2.24) is 14.5 Å². The molecule has 29 heavy (non-hydrogen) atoms. The molecule has 0 atom stereocenters. The zero-order valence-electron chi connectivity index (χ0n) is 16.2. The number of aromatic nitrogens is 3. The van der Waals surface area contributed by atoms with Gasteiger partial charge < -0.3 is 9.47 Å². The van der Waals surface area contributed by atoms with Crippen LogP contribution in [0.2, 0.25) is 5.02 Å². The van der Waals surface area contributed by atoms with E-state index in [4.69, 9.17) is 26.1 Å². The maximum atomic E-state index is 14.7. The first kappa shape index (κ1) is 19.2. The number of aryl methyl sites for hydroxylation is 1. The van der Waals surface area contributed by atoms with E-state index in [0.717, 1.165) is 16.6 Å². The molecular weight excluding hydrogens is 393 g/mol. The molecule has 2 aromatic heterocycles. The first-order chi connectivity index (χ1) is 14.1. The highest BCUT2D eigenvalue weighted by atomic mass is 35.5. The minimum Gasteiger partial charge on any atom is -0.493 e. The van der Waals surface area contributed by atoms with Crippen LogP contribution in [0.3, 0.4) is 0 Å². The quantitative estimate of drug-likeness (QED) is 0.437. The van der Waals surface area contributed by atoms with Crippen molar-refractivity contribution in [2.75, 3.05) is 14.2 Å². The highest BCUT2D eigenvalue weighted by Gasteiger charge is 2.16. The smallest absolute Gasteiger partial charge is 0.163 e. The van der Waals surface area contributed by atoms with Crippen molar-refractivity contribution < 1.29 is 13.9 Å². The Balaban J connectivity index is 1.92. The lowest BCUT2D eigenvalue weighted by Gasteiger charge is -2.13. The summed E-state index contributed by atoms with van der Waals surface area (Å²) < 4.78 is 27.3. The van der Waals surface area contributed by atoms with Gasteiger partial charge in [-0.3, -0.25) is 4.57 Å². The molecule has 0 spiro atoms. The number of methoxy groups -OCH3 is 2. The third-order valence-corrected chi connectivity index (χ3v) is 5.14. The molecule has 7 heteroatoms. The largest absolute Gasteiger partial charge is 0.493 e. The molecule has 4 aromatic rings. The summed E-state index contributed by atoms with van der Waals surface area (Å²) in [6.45, 7) is 2.01. The van der Waals surface area contributed by atoms with Crippen LogP contribution in [0, 0.1) is 5.82 Å². The van der Waals surface area contributed by atoms with E-state index in [0.29, 0.717) is 35.0 Å². The van der Waals surface area contributed by atoms with Crippen molar-refractivity contribution in [3.05, 3.63) is 65.2 Å². The first-order valence-electron chi connectivity index (χ1n) is 9.11. The number of halogens is 2. The average Bonchev–Trinajstić information content (AvgIpc) is 3.17. The van der Waals surface area contributed by atoms with Gasteiger partial charge in [-0.1, -0.05) is 30.7 Å². The van der Waals surface area contributed by atoms with Crippen molar-refractivity contribution in [2.24, 2.45) is 0 Å². The van der Waals surface area contributed by atoms with Crippen LogP contribution in [0.1, 0.15) is 12.5 Å². The van der Waals surface area contributed by atoms with E-state index in [1.54, 1.807) is 32.7 Å². The van der Waals surface area contributed by atoms with Crippen LogP contribution in [0.15, 0.2) is 48.8 Å². The molecule has 0 aliphatic rings. The summed E-state index contributed by atoms with van der Waals surface area (Å²) >= 11 is 5.99. The fourth-order valence-electron chi connectivity index (χ4n) is 3.34. The van der Waals surface area contributed by atoms with Gasteiger partial charge in [-0.2, -0.15) is 0 Å². The third kappa shape index (κ3) is 3.29. The van der Waals surface area contributed by atoms with Gasteiger partial charge in [0, 0.05) is 17.7 Å². The lowest BCUT2D eigenvalue weighted by molar-refractivity contribution is 0.355. The zero-order chi connectivity index (χ0) is 20.5. The summed E-state index contributed by atoms with van der Waals surface area (Å²) in [7, 11) is 3.16. The van der Waals surface area contributed by atoms with Gasteiger partial charge >= 0.3 is 0 Å². The van der Waals surface area contributed by atoms with Crippen molar-refractivity contribution in [3.63, 3.8) is 0 Å². The normalized spacial score (nSPS) is 11.1. The number of fused-ring (bicyclic) bond motifs is 1. The molecule has 0 saturated carbocycles. The Labute approximate surface area is 172 Å². The third-order valence-electron chi connectivity index (χ3n) is 4.85. The van der Waals surface area contributed by atoms with Gasteiger partial charge in [0.25, 0.3) is 0 Å². The van der Waals surface area contributed by atoms with Crippen LogP contribution in [-0.2, 0) is 6.42 Å². The van der Waals surface area contributed by atoms with Crippen LogP contribution in [-0.4, -0.2) is 28.8 Å². The van der Waals surface area contributed by atoms with Gasteiger partial charge in [0.05, 0.1) is 36.0 Å². The highest BCUT2D eigenvalue weighted by Crippen LogP contribution is 2.34. The van der Waals surface area contributed by atoms with E-state index in [1.165, 1.54) is 6.07 Å². The van der Waals surface area contributed by atoms with Gasteiger partial charge in [0.2, 0.25) is 0 Å². The van der Waals surface area contributed by atoms with Crippen LogP contribution in [0.5, 0.6) is 11.5 Å². The van der Waals surface area contributed by atoms with Gasteiger partial charge in [0.15, 0.2) is 17.3 Å². The number of nitrogens with zero attached hydrogens (tertiary/aromatic N) is 3. The molecule has 0 bridgehead atoms. The van der Waals surface area contributed by atoms with E-state index >= 15 is 0 Å². The summed E-state index contributed by atoms with van der Waals surface area (Å²) in [6, 6.07) is 12.4. The predicted molar refractivity (Wildman–Crippen MR) is 112 cm³/mol. The van der Waals surface area contributed by atoms with Crippen molar-refractivity contribution in [3.8, 4) is 28.6 Å². The zero-order valence-corrected chi connectivity index (χ0v) is 17.0. The molecule has 2 heterocycles. The van der Waals surface area contributed by atoms with E-state index in [9.17, 15) is 4.39 Å². The topological polar surface area (TPSA) is 49.2 Å². The Bertz CT molecular complexity index is 1210. The minimum atomic E-state index is -0.476. The fourth-order valence-corrected chi connectivity index (χ4v) is 3.51. The first-order valence-corrected chi connectivity index (χ1v) is 9.49. The maximum absolute atomic E-state index is 14.7. The molecule has 0 amide bonds. The van der Waals surface area contributed by atoms with Crippen LogP contribution in [0.4, 0.5) is 4.39 Å². The molecular formula is C22H19ClFN3O2. The fraction of sp³-hybridized carbons (Fsp3) is 0.182. The van der Waals surface area contributed by atoms with E-state index in [2.05, 4.69) is 4.98 Å². The Kier molecular flexibility index (Phi) is 5.11. The second-order valence-electron chi connectivity index (χ2n) is 6.44. The van der Waals surface area contributed by atoms with Crippen molar-refractivity contribution in [2.45, 2.75) is 13.3 Å². The van der Waals surface area contributed by atoms with Crippen molar-refractivity contribution in [1.29, 1.82) is 0 Å². The SMILES string of the molecule is CCc1ccc(-n2cnc3cc(OC)c(OC)cc32)nc1-c1cccc(Cl)c1F. The standard InChI is InChI=1S/C22H19ClFN3O2/c1-4-13-8-9-20(26-22(13)14-6-5-7-15(23)21(14)24)27-12-25-16-10-18(28-2)19(29-3)11-17(16)27/h5-12H,4H2,1-3H3. The molecule has 148 valence electrons.